The molecule has 0 aromatic heterocycles. The second-order valence-electron chi connectivity index (χ2n) is 5.14. The Bertz CT molecular complexity index is 164. The summed E-state index contributed by atoms with van der Waals surface area (Å²) in [5.41, 5.74) is 0. The van der Waals surface area contributed by atoms with Gasteiger partial charge in [-0.05, 0) is 39.3 Å². The molecule has 1 aliphatic heterocycles. The summed E-state index contributed by atoms with van der Waals surface area (Å²) in [4.78, 5) is 0. The third-order valence-corrected chi connectivity index (χ3v) is 5.96. The molecule has 1 rings (SSSR count). The predicted molar refractivity (Wildman–Crippen MR) is 66.0 cm³/mol. The zero-order valence-corrected chi connectivity index (χ0v) is 12.2. The van der Waals surface area contributed by atoms with Gasteiger partial charge < -0.3 is 14.2 Å². The molecule has 0 saturated carbocycles. The maximum atomic E-state index is 5.90. The monoisotopic (exact) mass is 233 g/mol. The quantitative estimate of drug-likeness (QED) is 0.744. The first kappa shape index (κ1) is 13.7. The molecule has 0 amide bonds. The topological polar surface area (TPSA) is 30.5 Å². The minimum atomic E-state index is -1.23. The van der Waals surface area contributed by atoms with Crippen LogP contribution in [-0.2, 0) is 8.85 Å². The Balaban J connectivity index is 0.000000280. The summed E-state index contributed by atoms with van der Waals surface area (Å²) < 4.78 is 10.6. The first-order valence-corrected chi connectivity index (χ1v) is 11.7. The molecule has 1 aliphatic rings. The van der Waals surface area contributed by atoms with E-state index in [1.54, 1.807) is 12.5 Å². The van der Waals surface area contributed by atoms with Crippen LogP contribution in [0.3, 0.4) is 0 Å². The molecule has 1 heterocycles. The lowest BCUT2D eigenvalue weighted by Gasteiger charge is -2.27. The molecule has 3 nitrogen and oxygen atoms in total. The van der Waals surface area contributed by atoms with E-state index in [1.807, 2.05) is 0 Å². The molecule has 0 bridgehead atoms. The fourth-order valence-corrected chi connectivity index (χ4v) is 8.51. The van der Waals surface area contributed by atoms with Crippen LogP contribution in [0.15, 0.2) is 12.5 Å². The number of hydrogen-bond donors (Lipinski definition) is 1. The molecule has 0 spiro atoms. The van der Waals surface area contributed by atoms with Gasteiger partial charge in [0.15, 0.2) is 23.4 Å². The van der Waals surface area contributed by atoms with Crippen LogP contribution in [0.25, 0.3) is 0 Å². The fraction of sp³-hybridized carbons (Fsp3) is 0.778. The highest BCUT2D eigenvalue weighted by molar-refractivity contribution is 6.83. The van der Waals surface area contributed by atoms with Gasteiger partial charge in [-0.2, -0.15) is 0 Å². The zero-order chi connectivity index (χ0) is 11.2. The number of ether oxygens (including phenoxy) is 1. The van der Waals surface area contributed by atoms with Gasteiger partial charge in [-0.15, -0.1) is 0 Å². The maximum Gasteiger partial charge on any atom is 0.170 e. The lowest BCUT2D eigenvalue weighted by Crippen LogP contribution is -2.39. The summed E-state index contributed by atoms with van der Waals surface area (Å²) in [6.07, 6.45) is 3.39. The van der Waals surface area contributed by atoms with E-state index in [4.69, 9.17) is 4.12 Å². The summed E-state index contributed by atoms with van der Waals surface area (Å²) in [7, 11) is -2.46. The van der Waals surface area contributed by atoms with Crippen LogP contribution < -0.4 is 5.32 Å². The highest BCUT2D eigenvalue weighted by Gasteiger charge is 2.24. The number of rotatable bonds is 2. The molecule has 0 fully saturated rings. The molecule has 0 aliphatic carbocycles. The van der Waals surface area contributed by atoms with Crippen molar-refractivity contribution < 1.29 is 8.85 Å². The van der Waals surface area contributed by atoms with E-state index in [1.165, 1.54) is 0 Å². The normalized spacial score (nSPS) is 15.3. The number of nitrogens with one attached hydrogen (secondary N) is 1. The lowest BCUT2D eigenvalue weighted by molar-refractivity contribution is 0.267. The maximum absolute atomic E-state index is 5.90. The van der Waals surface area contributed by atoms with Crippen molar-refractivity contribution in [1.82, 2.24) is 5.32 Å². The van der Waals surface area contributed by atoms with E-state index >= 15 is 0 Å². The molecule has 0 saturated heterocycles. The Kier molecular flexibility index (Phi) is 5.47. The molecule has 0 radical (unpaired) electrons. The Morgan fingerprint density at radius 2 is 1.57 bits per heavy atom. The van der Waals surface area contributed by atoms with Gasteiger partial charge in [-0.3, -0.25) is 0 Å². The average molecular weight is 233 g/mol. The van der Waals surface area contributed by atoms with Crippen LogP contribution in [0.2, 0.25) is 39.3 Å². The van der Waals surface area contributed by atoms with Gasteiger partial charge in [0.25, 0.3) is 0 Å². The molecule has 5 heteroatoms. The van der Waals surface area contributed by atoms with Crippen molar-refractivity contribution in [2.45, 2.75) is 39.3 Å². The molecule has 0 aromatic rings. The van der Waals surface area contributed by atoms with Crippen molar-refractivity contribution in [2.75, 3.05) is 6.73 Å². The predicted octanol–water partition coefficient (Wildman–Crippen LogP) is 2.71. The molecule has 0 aromatic carbocycles. The van der Waals surface area contributed by atoms with Gasteiger partial charge >= 0.3 is 0 Å². The smallest absolute Gasteiger partial charge is 0.170 e. The third kappa shape index (κ3) is 11.7. The summed E-state index contributed by atoms with van der Waals surface area (Å²) in [6.45, 7) is 14.1. The lowest BCUT2D eigenvalue weighted by atomic mass is 11.0. The van der Waals surface area contributed by atoms with Gasteiger partial charge in [0.2, 0.25) is 0 Å². The van der Waals surface area contributed by atoms with Crippen LogP contribution in [-0.4, -0.2) is 23.4 Å². The van der Waals surface area contributed by atoms with Crippen molar-refractivity contribution in [1.29, 1.82) is 0 Å². The standard InChI is InChI=1S/C6H18OSi2.C3H5NO/c1-8(2,3)7-9(4,5)6;1-2-5-3-4-1/h1-6H3;1-2,4H,3H2. The Hall–Kier alpha value is -0.266. The van der Waals surface area contributed by atoms with Gasteiger partial charge in [0.1, 0.15) is 6.26 Å². The van der Waals surface area contributed by atoms with Gasteiger partial charge in [0, 0.05) is 6.20 Å². The van der Waals surface area contributed by atoms with E-state index in [9.17, 15) is 0 Å². The summed E-state index contributed by atoms with van der Waals surface area (Å²) in [5, 5.41) is 2.82. The molecule has 0 unspecified atom stereocenters. The Morgan fingerprint density at radius 1 is 1.07 bits per heavy atom. The van der Waals surface area contributed by atoms with Crippen LogP contribution in [0.1, 0.15) is 0 Å². The fourth-order valence-electron chi connectivity index (χ4n) is 1.16. The SMILES string of the molecule is C1=COCN1.C[Si](C)(C)O[Si](C)(C)C. The van der Waals surface area contributed by atoms with Crippen LogP contribution in [0, 0.1) is 0 Å². The molecular weight excluding hydrogens is 210 g/mol. The molecule has 0 atom stereocenters. The average Bonchev–Trinajstić information content (AvgIpc) is 2.29. The third-order valence-electron chi connectivity index (χ3n) is 1.06. The van der Waals surface area contributed by atoms with Crippen molar-refractivity contribution >= 4 is 16.6 Å². The highest BCUT2D eigenvalue weighted by Crippen LogP contribution is 2.12. The first-order chi connectivity index (χ1) is 6.21. The van der Waals surface area contributed by atoms with E-state index in [2.05, 4.69) is 49.3 Å². The van der Waals surface area contributed by atoms with Crippen molar-refractivity contribution in [3.05, 3.63) is 12.5 Å². The van der Waals surface area contributed by atoms with Crippen LogP contribution >= 0.6 is 0 Å². The van der Waals surface area contributed by atoms with Crippen LogP contribution in [0.5, 0.6) is 0 Å². The zero-order valence-electron chi connectivity index (χ0n) is 10.2. The van der Waals surface area contributed by atoms with Gasteiger partial charge in [0.05, 0.1) is 0 Å². The van der Waals surface area contributed by atoms with Crippen molar-refractivity contribution in [3.8, 4) is 0 Å². The van der Waals surface area contributed by atoms with E-state index < -0.39 is 16.6 Å². The van der Waals surface area contributed by atoms with E-state index in [0.717, 1.165) is 0 Å². The summed E-state index contributed by atoms with van der Waals surface area (Å²) >= 11 is 0. The van der Waals surface area contributed by atoms with Crippen molar-refractivity contribution in [3.63, 3.8) is 0 Å². The molecule has 1 N–H and O–H groups in total. The minimum Gasteiger partial charge on any atom is -0.479 e. The molecular formula is C9H23NO2Si2. The van der Waals surface area contributed by atoms with Gasteiger partial charge in [-0.25, -0.2) is 0 Å². The second-order valence-corrected chi connectivity index (χ2v) is 14.4. The van der Waals surface area contributed by atoms with Crippen LogP contribution in [0.4, 0.5) is 0 Å². The van der Waals surface area contributed by atoms with E-state index in [-0.39, 0.29) is 0 Å². The largest absolute Gasteiger partial charge is 0.479 e. The van der Waals surface area contributed by atoms with Crippen molar-refractivity contribution in [2.24, 2.45) is 0 Å². The Morgan fingerprint density at radius 3 is 1.64 bits per heavy atom. The highest BCUT2D eigenvalue weighted by atomic mass is 28.4. The van der Waals surface area contributed by atoms with E-state index in [0.29, 0.717) is 6.73 Å². The molecule has 14 heavy (non-hydrogen) atoms. The Labute approximate surface area is 89.8 Å². The first-order valence-electron chi connectivity index (χ1n) is 4.91. The summed E-state index contributed by atoms with van der Waals surface area (Å²) in [5.74, 6) is 0. The second kappa shape index (κ2) is 5.57. The van der Waals surface area contributed by atoms with Gasteiger partial charge in [-0.1, -0.05) is 0 Å². The number of hydrogen-bond acceptors (Lipinski definition) is 3. The minimum absolute atomic E-state index is 0.639. The molecule has 84 valence electrons. The summed E-state index contributed by atoms with van der Waals surface area (Å²) in [6, 6.07) is 0.